The Hall–Kier alpha value is -0.950. The highest BCUT2D eigenvalue weighted by Gasteiger charge is 2.38. The van der Waals surface area contributed by atoms with E-state index in [9.17, 15) is 8.42 Å². The van der Waals surface area contributed by atoms with Crippen LogP contribution in [0.4, 0.5) is 0 Å². The molecule has 0 aromatic heterocycles. The van der Waals surface area contributed by atoms with Gasteiger partial charge in [0.2, 0.25) is 10.0 Å². The summed E-state index contributed by atoms with van der Waals surface area (Å²) in [5, 5.41) is 0. The number of sulfonamides is 1. The number of methoxy groups -OCH3 is 1. The van der Waals surface area contributed by atoms with Crippen molar-refractivity contribution in [3.8, 4) is 0 Å². The summed E-state index contributed by atoms with van der Waals surface area (Å²) in [6, 6.07) is 6.95. The third-order valence-corrected chi connectivity index (χ3v) is 6.14. The van der Waals surface area contributed by atoms with Crippen LogP contribution in [-0.2, 0) is 21.3 Å². The summed E-state index contributed by atoms with van der Waals surface area (Å²) in [5.41, 5.74) is 6.34. The molecule has 2 rings (SSSR count). The van der Waals surface area contributed by atoms with E-state index in [-0.39, 0.29) is 12.6 Å². The van der Waals surface area contributed by atoms with Crippen molar-refractivity contribution in [3.05, 3.63) is 29.8 Å². The first-order valence-corrected chi connectivity index (χ1v) is 8.75. The Morgan fingerprint density at radius 2 is 2.05 bits per heavy atom. The van der Waals surface area contributed by atoms with Crippen LogP contribution < -0.4 is 5.73 Å². The molecule has 5 nitrogen and oxygen atoms in total. The molecule has 6 heteroatoms. The van der Waals surface area contributed by atoms with Crippen LogP contribution in [0.15, 0.2) is 29.2 Å². The standard InChI is InChI=1S/C15H24N2O3S/c1-12(13-7-8-13)17(9-10-20-2)21(18,19)15-6-4-3-5-14(15)11-16/h3-6,12-13H,7-11,16H2,1-2H3. The highest BCUT2D eigenvalue weighted by atomic mass is 32.2. The number of hydrogen-bond donors (Lipinski definition) is 1. The molecule has 0 bridgehead atoms. The maximum Gasteiger partial charge on any atom is 0.243 e. The molecule has 1 aliphatic carbocycles. The number of hydrogen-bond acceptors (Lipinski definition) is 4. The minimum absolute atomic E-state index is 0.00372. The number of rotatable bonds is 8. The molecule has 1 saturated carbocycles. The molecule has 1 aliphatic rings. The largest absolute Gasteiger partial charge is 0.383 e. The maximum atomic E-state index is 13.0. The molecular weight excluding hydrogens is 288 g/mol. The Bertz CT molecular complexity index is 570. The van der Waals surface area contributed by atoms with Crippen LogP contribution in [0, 0.1) is 5.92 Å². The van der Waals surface area contributed by atoms with E-state index in [0.29, 0.717) is 29.5 Å². The lowest BCUT2D eigenvalue weighted by atomic mass is 10.2. The zero-order valence-electron chi connectivity index (χ0n) is 12.7. The summed E-state index contributed by atoms with van der Waals surface area (Å²) >= 11 is 0. The van der Waals surface area contributed by atoms with Gasteiger partial charge < -0.3 is 10.5 Å². The van der Waals surface area contributed by atoms with Gasteiger partial charge in [-0.3, -0.25) is 0 Å². The second kappa shape index (κ2) is 6.87. The van der Waals surface area contributed by atoms with Crippen LogP contribution in [0.25, 0.3) is 0 Å². The Balaban J connectivity index is 2.35. The molecule has 118 valence electrons. The lowest BCUT2D eigenvalue weighted by molar-refractivity contribution is 0.164. The third-order valence-electron chi connectivity index (χ3n) is 4.05. The molecule has 1 atom stereocenters. The predicted octanol–water partition coefficient (Wildman–Crippen LogP) is 1.58. The van der Waals surface area contributed by atoms with Crippen LogP contribution in [0.5, 0.6) is 0 Å². The first kappa shape index (κ1) is 16.4. The Labute approximate surface area is 127 Å². The SMILES string of the molecule is COCCN(C(C)C1CC1)S(=O)(=O)c1ccccc1CN. The van der Waals surface area contributed by atoms with Gasteiger partial charge in [-0.25, -0.2) is 8.42 Å². The molecule has 2 N–H and O–H groups in total. The highest BCUT2D eigenvalue weighted by Crippen LogP contribution is 2.37. The third kappa shape index (κ3) is 3.63. The topological polar surface area (TPSA) is 72.6 Å². The molecule has 0 amide bonds. The van der Waals surface area contributed by atoms with Gasteiger partial charge in [-0.2, -0.15) is 4.31 Å². The summed E-state index contributed by atoms with van der Waals surface area (Å²) in [7, 11) is -1.96. The van der Waals surface area contributed by atoms with E-state index < -0.39 is 10.0 Å². The fraction of sp³-hybridized carbons (Fsp3) is 0.600. The summed E-state index contributed by atoms with van der Waals surface area (Å²) < 4.78 is 32.7. The summed E-state index contributed by atoms with van der Waals surface area (Å²) in [5.74, 6) is 0.460. The summed E-state index contributed by atoms with van der Waals surface area (Å²) in [6.45, 7) is 2.96. The van der Waals surface area contributed by atoms with Crippen molar-refractivity contribution in [2.75, 3.05) is 20.3 Å². The zero-order valence-corrected chi connectivity index (χ0v) is 13.5. The number of nitrogens with two attached hydrogens (primary N) is 1. The first-order valence-electron chi connectivity index (χ1n) is 7.31. The molecule has 1 unspecified atom stereocenters. The van der Waals surface area contributed by atoms with Crippen molar-refractivity contribution in [2.45, 2.75) is 37.2 Å². The molecule has 0 radical (unpaired) electrons. The van der Waals surface area contributed by atoms with Crippen molar-refractivity contribution in [1.82, 2.24) is 4.31 Å². The van der Waals surface area contributed by atoms with E-state index in [1.54, 1.807) is 29.6 Å². The molecule has 0 aliphatic heterocycles. The van der Waals surface area contributed by atoms with Crippen LogP contribution in [0.2, 0.25) is 0 Å². The molecule has 1 aromatic carbocycles. The van der Waals surface area contributed by atoms with Crippen LogP contribution >= 0.6 is 0 Å². The summed E-state index contributed by atoms with van der Waals surface area (Å²) in [4.78, 5) is 0.316. The van der Waals surface area contributed by atoms with Gasteiger partial charge in [-0.1, -0.05) is 18.2 Å². The lowest BCUT2D eigenvalue weighted by Gasteiger charge is -2.29. The van der Waals surface area contributed by atoms with Crippen molar-refractivity contribution >= 4 is 10.0 Å². The molecule has 21 heavy (non-hydrogen) atoms. The molecule has 0 heterocycles. The monoisotopic (exact) mass is 312 g/mol. The van der Waals surface area contributed by atoms with Crippen LogP contribution in [0.3, 0.4) is 0 Å². The van der Waals surface area contributed by atoms with E-state index in [1.165, 1.54) is 0 Å². The van der Waals surface area contributed by atoms with Crippen molar-refractivity contribution in [3.63, 3.8) is 0 Å². The van der Waals surface area contributed by atoms with Gasteiger partial charge in [0.1, 0.15) is 0 Å². The van der Waals surface area contributed by atoms with Crippen molar-refractivity contribution in [1.29, 1.82) is 0 Å². The van der Waals surface area contributed by atoms with Gasteiger partial charge in [0.25, 0.3) is 0 Å². The minimum atomic E-state index is -3.55. The van der Waals surface area contributed by atoms with Crippen molar-refractivity contribution in [2.24, 2.45) is 11.7 Å². The second-order valence-corrected chi connectivity index (χ2v) is 7.36. The van der Waals surface area contributed by atoms with Gasteiger partial charge >= 0.3 is 0 Å². The van der Waals surface area contributed by atoms with E-state index in [4.69, 9.17) is 10.5 Å². The molecule has 0 saturated heterocycles. The number of ether oxygens (including phenoxy) is 1. The van der Waals surface area contributed by atoms with E-state index >= 15 is 0 Å². The average Bonchev–Trinajstić information content (AvgIpc) is 3.31. The maximum absolute atomic E-state index is 13.0. The Morgan fingerprint density at radius 3 is 2.62 bits per heavy atom. The zero-order chi connectivity index (χ0) is 15.5. The normalized spacial score (nSPS) is 17.1. The number of nitrogens with zero attached hydrogens (tertiary/aromatic N) is 1. The van der Waals surface area contributed by atoms with Gasteiger partial charge in [-0.15, -0.1) is 0 Å². The smallest absolute Gasteiger partial charge is 0.243 e. The molecular formula is C15H24N2O3S. The van der Waals surface area contributed by atoms with Gasteiger partial charge in [-0.05, 0) is 37.3 Å². The van der Waals surface area contributed by atoms with Crippen LogP contribution in [0.1, 0.15) is 25.3 Å². The average molecular weight is 312 g/mol. The van der Waals surface area contributed by atoms with Gasteiger partial charge in [0, 0.05) is 26.2 Å². The van der Waals surface area contributed by atoms with Gasteiger partial charge in [0.15, 0.2) is 0 Å². The van der Waals surface area contributed by atoms with E-state index in [2.05, 4.69) is 0 Å². The fourth-order valence-corrected chi connectivity index (χ4v) is 4.50. The second-order valence-electron chi connectivity index (χ2n) is 5.50. The quantitative estimate of drug-likeness (QED) is 0.791. The highest BCUT2D eigenvalue weighted by molar-refractivity contribution is 7.89. The van der Waals surface area contributed by atoms with E-state index in [1.807, 2.05) is 13.0 Å². The van der Waals surface area contributed by atoms with E-state index in [0.717, 1.165) is 12.8 Å². The predicted molar refractivity (Wildman–Crippen MR) is 82.3 cm³/mol. The number of benzene rings is 1. The minimum Gasteiger partial charge on any atom is -0.383 e. The lowest BCUT2D eigenvalue weighted by Crippen LogP contribution is -2.42. The summed E-state index contributed by atoms with van der Waals surface area (Å²) in [6.07, 6.45) is 2.19. The Kier molecular flexibility index (Phi) is 5.37. The Morgan fingerprint density at radius 1 is 1.38 bits per heavy atom. The van der Waals surface area contributed by atoms with Gasteiger partial charge in [0.05, 0.1) is 11.5 Å². The van der Waals surface area contributed by atoms with Crippen LogP contribution in [-0.4, -0.2) is 39.0 Å². The van der Waals surface area contributed by atoms with Crippen molar-refractivity contribution < 1.29 is 13.2 Å². The molecule has 1 aromatic rings. The molecule has 1 fully saturated rings. The first-order chi connectivity index (χ1) is 10.0. The fourth-order valence-electron chi connectivity index (χ4n) is 2.59. The molecule has 0 spiro atoms.